The third-order valence-corrected chi connectivity index (χ3v) is 3.25. The van der Waals surface area contributed by atoms with Gasteiger partial charge in [-0.1, -0.05) is 6.92 Å². The second-order valence-electron chi connectivity index (χ2n) is 5.55. The Morgan fingerprint density at radius 3 is 2.63 bits per heavy atom. The Labute approximate surface area is 115 Å². The van der Waals surface area contributed by atoms with Crippen LogP contribution in [0.3, 0.4) is 0 Å². The average molecular weight is 273 g/mol. The van der Waals surface area contributed by atoms with Crippen molar-refractivity contribution in [3.05, 3.63) is 0 Å². The molecule has 0 aromatic carbocycles. The molecule has 19 heavy (non-hydrogen) atoms. The summed E-state index contributed by atoms with van der Waals surface area (Å²) in [6.45, 7) is 7.54. The van der Waals surface area contributed by atoms with Crippen molar-refractivity contribution in [2.45, 2.75) is 64.1 Å². The summed E-state index contributed by atoms with van der Waals surface area (Å²) in [7, 11) is 0. The van der Waals surface area contributed by atoms with Crippen molar-refractivity contribution in [3.63, 3.8) is 0 Å². The second kappa shape index (κ2) is 7.82. The molecule has 0 heterocycles. The zero-order valence-electron chi connectivity index (χ0n) is 12.3. The van der Waals surface area contributed by atoms with E-state index in [1.165, 1.54) is 0 Å². The van der Waals surface area contributed by atoms with Crippen molar-refractivity contribution in [2.75, 3.05) is 19.8 Å². The minimum Gasteiger partial charge on any atom is -0.480 e. The van der Waals surface area contributed by atoms with Gasteiger partial charge in [0.2, 0.25) is 0 Å². The fourth-order valence-corrected chi connectivity index (χ4v) is 2.07. The Hall–Kier alpha value is -0.650. The van der Waals surface area contributed by atoms with Crippen molar-refractivity contribution in [2.24, 2.45) is 0 Å². The molecule has 1 aliphatic carbocycles. The van der Waals surface area contributed by atoms with E-state index in [-0.39, 0.29) is 6.10 Å². The van der Waals surface area contributed by atoms with Gasteiger partial charge in [-0.3, -0.25) is 10.1 Å². The summed E-state index contributed by atoms with van der Waals surface area (Å²) < 4.78 is 10.9. The van der Waals surface area contributed by atoms with E-state index in [0.29, 0.717) is 25.7 Å². The van der Waals surface area contributed by atoms with Crippen molar-refractivity contribution in [1.82, 2.24) is 5.32 Å². The first-order chi connectivity index (χ1) is 8.98. The molecule has 112 valence electrons. The summed E-state index contributed by atoms with van der Waals surface area (Å²) in [4.78, 5) is 11.4. The second-order valence-corrected chi connectivity index (χ2v) is 5.55. The highest BCUT2D eigenvalue weighted by Crippen LogP contribution is 2.25. The predicted octanol–water partition coefficient (Wildman–Crippen LogP) is 1.80. The number of carboxylic acids is 1. The Kier molecular flexibility index (Phi) is 6.75. The van der Waals surface area contributed by atoms with Crippen LogP contribution in [0.5, 0.6) is 0 Å². The molecule has 5 heteroatoms. The first-order valence-electron chi connectivity index (χ1n) is 7.18. The molecule has 0 aliphatic heterocycles. The molecule has 0 amide bonds. The lowest BCUT2D eigenvalue weighted by Crippen LogP contribution is -2.52. The SMILES string of the molecule is CCCOCCOC(C)CC(C)(NC1CC1)C(=O)O. The zero-order valence-corrected chi connectivity index (χ0v) is 12.3. The molecule has 1 saturated carbocycles. The summed E-state index contributed by atoms with van der Waals surface area (Å²) in [6, 6.07) is 0.362. The van der Waals surface area contributed by atoms with E-state index < -0.39 is 11.5 Å². The minimum atomic E-state index is -0.898. The van der Waals surface area contributed by atoms with Crippen molar-refractivity contribution >= 4 is 5.97 Å². The number of carboxylic acid groups (broad SMARTS) is 1. The normalized spacial score (nSPS) is 19.9. The summed E-state index contributed by atoms with van der Waals surface area (Å²) in [5.74, 6) is -0.808. The molecule has 0 saturated heterocycles. The van der Waals surface area contributed by atoms with Crippen LogP contribution >= 0.6 is 0 Å². The lowest BCUT2D eigenvalue weighted by Gasteiger charge is -2.29. The molecule has 0 radical (unpaired) electrons. The number of aliphatic carboxylic acids is 1. The van der Waals surface area contributed by atoms with Crippen LogP contribution in [0.2, 0.25) is 0 Å². The molecule has 2 N–H and O–H groups in total. The summed E-state index contributed by atoms with van der Waals surface area (Å²) in [6.07, 6.45) is 3.51. The molecule has 5 nitrogen and oxygen atoms in total. The maximum absolute atomic E-state index is 11.4. The highest BCUT2D eigenvalue weighted by Gasteiger charge is 2.39. The average Bonchev–Trinajstić information content (AvgIpc) is 3.12. The lowest BCUT2D eigenvalue weighted by atomic mass is 9.94. The van der Waals surface area contributed by atoms with Gasteiger partial charge in [0.15, 0.2) is 0 Å². The minimum absolute atomic E-state index is 0.0995. The molecule has 2 atom stereocenters. The van der Waals surface area contributed by atoms with Crippen LogP contribution in [0.15, 0.2) is 0 Å². The Bertz CT molecular complexity index is 281. The van der Waals surface area contributed by atoms with Crippen molar-refractivity contribution in [1.29, 1.82) is 0 Å². The van der Waals surface area contributed by atoms with Gasteiger partial charge in [-0.15, -0.1) is 0 Å². The lowest BCUT2D eigenvalue weighted by molar-refractivity contribution is -0.146. The summed E-state index contributed by atoms with van der Waals surface area (Å²) in [5, 5.41) is 12.6. The predicted molar refractivity (Wildman–Crippen MR) is 73.3 cm³/mol. The van der Waals surface area contributed by atoms with Gasteiger partial charge >= 0.3 is 5.97 Å². The van der Waals surface area contributed by atoms with Gasteiger partial charge in [-0.05, 0) is 33.1 Å². The number of nitrogens with one attached hydrogen (secondary N) is 1. The molecule has 2 unspecified atom stereocenters. The first kappa shape index (κ1) is 16.4. The molecular formula is C14H27NO4. The van der Waals surface area contributed by atoms with Gasteiger partial charge in [-0.2, -0.15) is 0 Å². The standard InChI is InChI=1S/C14H27NO4/c1-4-7-18-8-9-19-11(2)10-14(3,13(16)17)15-12-5-6-12/h11-12,15H,4-10H2,1-3H3,(H,16,17). The van der Waals surface area contributed by atoms with Gasteiger partial charge in [-0.25, -0.2) is 0 Å². The summed E-state index contributed by atoms with van der Waals surface area (Å²) in [5.41, 5.74) is -0.898. The highest BCUT2D eigenvalue weighted by atomic mass is 16.5. The molecule has 1 fully saturated rings. The Balaban J connectivity index is 2.26. The van der Waals surface area contributed by atoms with E-state index in [2.05, 4.69) is 12.2 Å². The van der Waals surface area contributed by atoms with Crippen molar-refractivity contribution < 1.29 is 19.4 Å². The molecule has 0 aromatic rings. The van der Waals surface area contributed by atoms with Crippen LogP contribution in [0.25, 0.3) is 0 Å². The number of carbonyl (C=O) groups is 1. The zero-order chi connectivity index (χ0) is 14.3. The number of ether oxygens (including phenoxy) is 2. The maximum atomic E-state index is 11.4. The van der Waals surface area contributed by atoms with Crippen molar-refractivity contribution in [3.8, 4) is 0 Å². The van der Waals surface area contributed by atoms with Crippen LogP contribution in [0.4, 0.5) is 0 Å². The van der Waals surface area contributed by atoms with E-state index in [4.69, 9.17) is 9.47 Å². The molecule has 1 aliphatic rings. The third kappa shape index (κ3) is 6.36. The van der Waals surface area contributed by atoms with E-state index in [1.54, 1.807) is 6.92 Å². The Morgan fingerprint density at radius 1 is 1.42 bits per heavy atom. The van der Waals surface area contributed by atoms with Crippen LogP contribution in [-0.2, 0) is 14.3 Å². The largest absolute Gasteiger partial charge is 0.480 e. The van der Waals surface area contributed by atoms with Crippen LogP contribution in [0.1, 0.15) is 46.5 Å². The molecule has 0 bridgehead atoms. The van der Waals surface area contributed by atoms with E-state index in [0.717, 1.165) is 25.9 Å². The first-order valence-corrected chi connectivity index (χ1v) is 7.18. The quantitative estimate of drug-likeness (QED) is 0.562. The number of hydrogen-bond donors (Lipinski definition) is 2. The number of rotatable bonds is 11. The fraction of sp³-hybridized carbons (Fsp3) is 0.929. The van der Waals surface area contributed by atoms with E-state index in [1.807, 2.05) is 6.92 Å². The topological polar surface area (TPSA) is 67.8 Å². The third-order valence-electron chi connectivity index (χ3n) is 3.25. The smallest absolute Gasteiger partial charge is 0.323 e. The molecule has 0 spiro atoms. The van der Waals surface area contributed by atoms with Gasteiger partial charge < -0.3 is 14.6 Å². The number of hydrogen-bond acceptors (Lipinski definition) is 4. The van der Waals surface area contributed by atoms with Gasteiger partial charge in [0.05, 0.1) is 19.3 Å². The fourth-order valence-electron chi connectivity index (χ4n) is 2.07. The molecule has 0 aromatic heterocycles. The van der Waals surface area contributed by atoms with Gasteiger partial charge in [0, 0.05) is 19.1 Å². The van der Waals surface area contributed by atoms with Gasteiger partial charge in [0.1, 0.15) is 5.54 Å². The summed E-state index contributed by atoms with van der Waals surface area (Å²) >= 11 is 0. The van der Waals surface area contributed by atoms with E-state index in [9.17, 15) is 9.90 Å². The maximum Gasteiger partial charge on any atom is 0.323 e. The Morgan fingerprint density at radius 2 is 2.11 bits per heavy atom. The monoisotopic (exact) mass is 273 g/mol. The molecule has 1 rings (SSSR count). The van der Waals surface area contributed by atoms with Crippen LogP contribution < -0.4 is 5.32 Å². The van der Waals surface area contributed by atoms with Gasteiger partial charge in [0.25, 0.3) is 0 Å². The van der Waals surface area contributed by atoms with Crippen LogP contribution in [0, 0.1) is 0 Å². The van der Waals surface area contributed by atoms with Crippen LogP contribution in [-0.4, -0.2) is 48.6 Å². The van der Waals surface area contributed by atoms with E-state index >= 15 is 0 Å². The highest BCUT2D eigenvalue weighted by molar-refractivity contribution is 5.78. The molecular weight excluding hydrogens is 246 g/mol.